The van der Waals surface area contributed by atoms with Crippen LogP contribution in [0.4, 0.5) is 5.69 Å². The molecule has 0 saturated carbocycles. The van der Waals surface area contributed by atoms with E-state index in [9.17, 15) is 4.79 Å². The lowest BCUT2D eigenvalue weighted by Crippen LogP contribution is -2.34. The van der Waals surface area contributed by atoms with Crippen molar-refractivity contribution >= 4 is 11.5 Å². The van der Waals surface area contributed by atoms with Gasteiger partial charge in [-0.1, -0.05) is 17.7 Å². The Kier molecular flexibility index (Phi) is 3.89. The number of benzene rings is 2. The lowest BCUT2D eigenvalue weighted by Gasteiger charge is -2.31. The number of anilines is 1. The Morgan fingerprint density at radius 2 is 1.92 bits per heavy atom. The molecule has 0 aromatic heterocycles. The van der Waals surface area contributed by atoms with Crippen molar-refractivity contribution < 1.29 is 14.3 Å². The minimum absolute atomic E-state index is 0.111. The number of carbonyl (C=O) groups is 1. The Bertz CT molecular complexity index is 784. The number of carbonyl (C=O) groups excluding carboxylic acids is 1. The van der Waals surface area contributed by atoms with E-state index in [-0.39, 0.29) is 5.78 Å². The van der Waals surface area contributed by atoms with E-state index in [1.165, 1.54) is 16.8 Å². The van der Waals surface area contributed by atoms with Crippen LogP contribution in [0.1, 0.15) is 27.9 Å². The zero-order valence-corrected chi connectivity index (χ0v) is 13.9. The fourth-order valence-electron chi connectivity index (χ4n) is 3.45. The summed E-state index contributed by atoms with van der Waals surface area (Å²) in [6, 6.07) is 11.9. The van der Waals surface area contributed by atoms with Crippen molar-refractivity contribution in [2.24, 2.45) is 0 Å². The first-order valence-electron chi connectivity index (χ1n) is 8.48. The van der Waals surface area contributed by atoms with E-state index in [4.69, 9.17) is 9.47 Å². The van der Waals surface area contributed by atoms with Crippen LogP contribution >= 0.6 is 0 Å². The Balaban J connectivity index is 1.55. The van der Waals surface area contributed by atoms with Gasteiger partial charge in [0.25, 0.3) is 0 Å². The number of hydrogen-bond acceptors (Lipinski definition) is 4. The van der Waals surface area contributed by atoms with Crippen LogP contribution in [0.25, 0.3) is 0 Å². The SMILES string of the molecule is Cc1ccc2c(c1)CCCN2CC(=O)c1ccc2c(c1)OCCO2. The third kappa shape index (κ3) is 2.84. The van der Waals surface area contributed by atoms with Crippen molar-refractivity contribution in [2.45, 2.75) is 19.8 Å². The molecule has 0 saturated heterocycles. The van der Waals surface area contributed by atoms with E-state index in [1.54, 1.807) is 6.07 Å². The van der Waals surface area contributed by atoms with Crippen molar-refractivity contribution in [1.82, 2.24) is 0 Å². The molecule has 0 fully saturated rings. The maximum atomic E-state index is 12.7. The minimum Gasteiger partial charge on any atom is -0.486 e. The van der Waals surface area contributed by atoms with Crippen LogP contribution in [0, 0.1) is 6.92 Å². The summed E-state index contributed by atoms with van der Waals surface area (Å²) in [6.45, 7) is 4.52. The van der Waals surface area contributed by atoms with Gasteiger partial charge in [-0.3, -0.25) is 4.79 Å². The lowest BCUT2D eigenvalue weighted by atomic mass is 9.99. The third-order valence-corrected chi connectivity index (χ3v) is 4.65. The van der Waals surface area contributed by atoms with Gasteiger partial charge < -0.3 is 14.4 Å². The van der Waals surface area contributed by atoms with Crippen LogP contribution in [0.15, 0.2) is 36.4 Å². The predicted octanol–water partition coefficient (Wildman–Crippen LogP) is 3.40. The molecule has 4 nitrogen and oxygen atoms in total. The Morgan fingerprint density at radius 1 is 1.08 bits per heavy atom. The molecule has 0 N–H and O–H groups in total. The number of rotatable bonds is 3. The van der Waals surface area contributed by atoms with Crippen LogP contribution in [0.5, 0.6) is 11.5 Å². The molecule has 2 aliphatic rings. The van der Waals surface area contributed by atoms with Gasteiger partial charge in [-0.15, -0.1) is 0 Å². The maximum Gasteiger partial charge on any atom is 0.182 e. The van der Waals surface area contributed by atoms with Crippen molar-refractivity contribution in [3.63, 3.8) is 0 Å². The lowest BCUT2D eigenvalue weighted by molar-refractivity contribution is 0.0997. The summed E-state index contributed by atoms with van der Waals surface area (Å²) in [5, 5.41) is 0. The van der Waals surface area contributed by atoms with Crippen molar-refractivity contribution in [3.05, 3.63) is 53.1 Å². The molecule has 0 atom stereocenters. The van der Waals surface area contributed by atoms with Gasteiger partial charge in [0.1, 0.15) is 13.2 Å². The monoisotopic (exact) mass is 323 g/mol. The standard InChI is InChI=1S/C20H21NO3/c1-14-4-6-17-15(11-14)3-2-8-21(17)13-18(22)16-5-7-19-20(12-16)24-10-9-23-19/h4-7,11-12H,2-3,8-10,13H2,1H3. The molecule has 0 unspecified atom stereocenters. The molecular weight excluding hydrogens is 302 g/mol. The Morgan fingerprint density at radius 3 is 2.79 bits per heavy atom. The van der Waals surface area contributed by atoms with E-state index in [2.05, 4.69) is 30.0 Å². The summed E-state index contributed by atoms with van der Waals surface area (Å²) >= 11 is 0. The van der Waals surface area contributed by atoms with E-state index >= 15 is 0 Å². The zero-order valence-electron chi connectivity index (χ0n) is 13.9. The summed E-state index contributed by atoms with van der Waals surface area (Å²) in [7, 11) is 0. The molecule has 24 heavy (non-hydrogen) atoms. The summed E-state index contributed by atoms with van der Waals surface area (Å²) < 4.78 is 11.1. The molecule has 2 aromatic rings. The number of fused-ring (bicyclic) bond motifs is 2. The molecule has 4 heteroatoms. The molecule has 0 aliphatic carbocycles. The minimum atomic E-state index is 0.111. The molecule has 0 radical (unpaired) electrons. The summed E-state index contributed by atoms with van der Waals surface area (Å²) in [5.41, 5.74) is 4.49. The van der Waals surface area contributed by atoms with Gasteiger partial charge in [0.15, 0.2) is 17.3 Å². The van der Waals surface area contributed by atoms with Gasteiger partial charge in [-0.25, -0.2) is 0 Å². The van der Waals surface area contributed by atoms with Crippen LogP contribution in [0.2, 0.25) is 0 Å². The van der Waals surface area contributed by atoms with Crippen molar-refractivity contribution in [3.8, 4) is 11.5 Å². The van der Waals surface area contributed by atoms with E-state index in [0.717, 1.165) is 25.1 Å². The molecule has 0 amide bonds. The maximum absolute atomic E-state index is 12.7. The summed E-state index contributed by atoms with van der Waals surface area (Å²) in [6.07, 6.45) is 2.18. The van der Waals surface area contributed by atoms with Crippen LogP contribution in [-0.2, 0) is 6.42 Å². The van der Waals surface area contributed by atoms with Crippen molar-refractivity contribution in [1.29, 1.82) is 0 Å². The second kappa shape index (κ2) is 6.19. The molecule has 124 valence electrons. The molecule has 0 spiro atoms. The number of ketones is 1. The fraction of sp³-hybridized carbons (Fsp3) is 0.350. The van der Waals surface area contributed by atoms with Gasteiger partial charge >= 0.3 is 0 Å². The smallest absolute Gasteiger partial charge is 0.182 e. The first kappa shape index (κ1) is 15.1. The Hall–Kier alpha value is -2.49. The van der Waals surface area contributed by atoms with Gasteiger partial charge in [0.2, 0.25) is 0 Å². The first-order chi connectivity index (χ1) is 11.7. The summed E-state index contributed by atoms with van der Waals surface area (Å²) in [4.78, 5) is 14.9. The highest BCUT2D eigenvalue weighted by molar-refractivity contribution is 6.00. The molecular formula is C20H21NO3. The fourth-order valence-corrected chi connectivity index (χ4v) is 3.45. The average Bonchev–Trinajstić information content (AvgIpc) is 2.61. The number of aryl methyl sites for hydroxylation is 2. The quantitative estimate of drug-likeness (QED) is 0.812. The van der Waals surface area contributed by atoms with Gasteiger partial charge in [-0.2, -0.15) is 0 Å². The van der Waals surface area contributed by atoms with E-state index in [0.29, 0.717) is 31.1 Å². The number of ether oxygens (including phenoxy) is 2. The largest absolute Gasteiger partial charge is 0.486 e. The zero-order chi connectivity index (χ0) is 16.5. The van der Waals surface area contributed by atoms with Gasteiger partial charge in [0, 0.05) is 17.8 Å². The van der Waals surface area contributed by atoms with Crippen LogP contribution in [0.3, 0.4) is 0 Å². The second-order valence-corrected chi connectivity index (χ2v) is 6.44. The predicted molar refractivity (Wildman–Crippen MR) is 93.5 cm³/mol. The molecule has 2 aromatic carbocycles. The highest BCUT2D eigenvalue weighted by atomic mass is 16.6. The Labute approximate surface area is 142 Å². The highest BCUT2D eigenvalue weighted by Crippen LogP contribution is 2.32. The number of Topliss-reactive ketones (excluding diaryl/α,β-unsaturated/α-hetero) is 1. The molecule has 4 rings (SSSR count). The average molecular weight is 323 g/mol. The topological polar surface area (TPSA) is 38.8 Å². The molecule has 2 aliphatic heterocycles. The van der Waals surface area contributed by atoms with Gasteiger partial charge in [0.05, 0.1) is 6.54 Å². The van der Waals surface area contributed by atoms with E-state index in [1.807, 2.05) is 12.1 Å². The van der Waals surface area contributed by atoms with Crippen molar-refractivity contribution in [2.75, 3.05) is 31.2 Å². The summed E-state index contributed by atoms with van der Waals surface area (Å²) in [5.74, 6) is 1.50. The van der Waals surface area contributed by atoms with Crippen LogP contribution in [-0.4, -0.2) is 32.1 Å². The highest BCUT2D eigenvalue weighted by Gasteiger charge is 2.21. The normalized spacial score (nSPS) is 15.8. The number of hydrogen-bond donors (Lipinski definition) is 0. The number of nitrogens with zero attached hydrogens (tertiary/aromatic N) is 1. The van der Waals surface area contributed by atoms with Gasteiger partial charge in [-0.05, 0) is 49.6 Å². The first-order valence-corrected chi connectivity index (χ1v) is 8.48. The van der Waals surface area contributed by atoms with Crippen LogP contribution < -0.4 is 14.4 Å². The third-order valence-electron chi connectivity index (χ3n) is 4.65. The van der Waals surface area contributed by atoms with E-state index < -0.39 is 0 Å². The molecule has 2 heterocycles. The second-order valence-electron chi connectivity index (χ2n) is 6.44. The molecule has 0 bridgehead atoms.